The number of rotatable bonds is 6. The van der Waals surface area contributed by atoms with E-state index in [-0.39, 0.29) is 0 Å². The Balaban J connectivity index is 1.51. The minimum absolute atomic E-state index is 0.679. The number of aromatic nitrogens is 2. The molecule has 1 aromatic carbocycles. The number of aromatic amines is 1. The molecule has 0 saturated carbocycles. The maximum Gasteiger partial charge on any atom is 0.325 e. The fraction of sp³-hybridized carbons (Fsp3) is 0.333. The molecular weight excluding hydrogens is 356 g/mol. The Morgan fingerprint density at radius 2 is 2.11 bits per heavy atom. The molecule has 2 aromatic heterocycles. The third kappa shape index (κ3) is 3.72. The van der Waals surface area contributed by atoms with Crippen molar-refractivity contribution in [1.82, 2.24) is 19.8 Å². The topological polar surface area (TPSA) is 81.7 Å². The first-order valence-electron chi connectivity index (χ1n) is 9.39. The second-order valence-electron chi connectivity index (χ2n) is 7.07. The van der Waals surface area contributed by atoms with Gasteiger partial charge in [0, 0.05) is 67.8 Å². The van der Waals surface area contributed by atoms with Crippen molar-refractivity contribution in [2.24, 2.45) is 0 Å². The van der Waals surface area contributed by atoms with E-state index in [2.05, 4.69) is 20.9 Å². The van der Waals surface area contributed by atoms with Crippen LogP contribution in [0.5, 0.6) is 5.75 Å². The summed E-state index contributed by atoms with van der Waals surface area (Å²) in [5, 5.41) is 10.9. The summed E-state index contributed by atoms with van der Waals surface area (Å²) < 4.78 is 5.32. The summed E-state index contributed by atoms with van der Waals surface area (Å²) in [5.74, 6) is -0.108. The van der Waals surface area contributed by atoms with Crippen molar-refractivity contribution in [3.05, 3.63) is 60.0 Å². The molecule has 0 amide bonds. The summed E-state index contributed by atoms with van der Waals surface area (Å²) in [6, 6.07) is 9.02. The van der Waals surface area contributed by atoms with Crippen molar-refractivity contribution in [3.8, 4) is 5.75 Å². The lowest BCUT2D eigenvalue weighted by Gasteiger charge is -2.37. The van der Waals surface area contributed by atoms with Gasteiger partial charge in [-0.15, -0.1) is 0 Å². The third-order valence-corrected chi connectivity index (χ3v) is 5.35. The number of H-pyrrole nitrogens is 1. The molecule has 0 spiro atoms. The normalized spacial score (nSPS) is 16.9. The Bertz CT molecular complexity index is 949. The van der Waals surface area contributed by atoms with Gasteiger partial charge in [-0.3, -0.25) is 19.6 Å². The summed E-state index contributed by atoms with van der Waals surface area (Å²) in [7, 11) is 1.61. The molecule has 4 rings (SSSR count). The van der Waals surface area contributed by atoms with Crippen molar-refractivity contribution < 1.29 is 14.6 Å². The number of piperazine rings is 1. The molecule has 0 radical (unpaired) electrons. The van der Waals surface area contributed by atoms with E-state index in [0.717, 1.165) is 41.9 Å². The van der Waals surface area contributed by atoms with Crippen LogP contribution in [0.1, 0.15) is 17.2 Å². The molecule has 3 heterocycles. The SMILES string of the molecule is COc1ccc2[nH]cc([C@@H](C(=O)O)N3CCN(Cc4cccnc4)CC3)c2c1. The number of hydrogen-bond acceptors (Lipinski definition) is 5. The summed E-state index contributed by atoms with van der Waals surface area (Å²) >= 11 is 0. The first kappa shape index (κ1) is 18.5. The zero-order valence-electron chi connectivity index (χ0n) is 15.8. The van der Waals surface area contributed by atoms with Crippen LogP contribution in [0.4, 0.5) is 0 Å². The molecule has 1 fully saturated rings. The quantitative estimate of drug-likeness (QED) is 0.684. The number of nitrogens with one attached hydrogen (secondary N) is 1. The Morgan fingerprint density at radius 3 is 2.79 bits per heavy atom. The van der Waals surface area contributed by atoms with E-state index in [0.29, 0.717) is 13.1 Å². The molecule has 28 heavy (non-hydrogen) atoms. The second kappa shape index (κ2) is 8.00. The van der Waals surface area contributed by atoms with E-state index in [1.165, 1.54) is 5.56 Å². The van der Waals surface area contributed by atoms with Gasteiger partial charge in [-0.2, -0.15) is 0 Å². The maximum atomic E-state index is 12.2. The molecule has 2 N–H and O–H groups in total. The van der Waals surface area contributed by atoms with Gasteiger partial charge >= 0.3 is 5.97 Å². The van der Waals surface area contributed by atoms with Crippen LogP contribution in [-0.2, 0) is 11.3 Å². The Labute approximate surface area is 163 Å². The average molecular weight is 380 g/mol. The van der Waals surface area contributed by atoms with Gasteiger partial charge in [-0.1, -0.05) is 6.07 Å². The number of carbonyl (C=O) groups is 1. The van der Waals surface area contributed by atoms with Gasteiger partial charge in [0.2, 0.25) is 0 Å². The predicted molar refractivity (Wildman–Crippen MR) is 106 cm³/mol. The smallest absolute Gasteiger partial charge is 0.325 e. The summed E-state index contributed by atoms with van der Waals surface area (Å²) in [5.41, 5.74) is 2.87. The van der Waals surface area contributed by atoms with Crippen LogP contribution in [0.15, 0.2) is 48.9 Å². The molecule has 1 saturated heterocycles. The summed E-state index contributed by atoms with van der Waals surface area (Å²) in [4.78, 5) is 23.9. The molecular formula is C21H24N4O3. The molecule has 1 atom stereocenters. The van der Waals surface area contributed by atoms with Crippen LogP contribution in [0, 0.1) is 0 Å². The van der Waals surface area contributed by atoms with Gasteiger partial charge in [0.15, 0.2) is 0 Å². The lowest BCUT2D eigenvalue weighted by atomic mass is 10.0. The highest BCUT2D eigenvalue weighted by atomic mass is 16.5. The van der Waals surface area contributed by atoms with E-state index >= 15 is 0 Å². The van der Waals surface area contributed by atoms with Gasteiger partial charge in [-0.25, -0.2) is 0 Å². The van der Waals surface area contributed by atoms with Gasteiger partial charge < -0.3 is 14.8 Å². The number of pyridine rings is 1. The number of benzene rings is 1. The molecule has 1 aliphatic heterocycles. The van der Waals surface area contributed by atoms with Crippen LogP contribution in [0.3, 0.4) is 0 Å². The number of fused-ring (bicyclic) bond motifs is 1. The van der Waals surface area contributed by atoms with Gasteiger partial charge in [0.05, 0.1) is 7.11 Å². The highest BCUT2D eigenvalue weighted by Gasteiger charge is 2.32. The van der Waals surface area contributed by atoms with Crippen LogP contribution in [0.25, 0.3) is 10.9 Å². The maximum absolute atomic E-state index is 12.2. The summed E-state index contributed by atoms with van der Waals surface area (Å²) in [6.07, 6.45) is 5.46. The van der Waals surface area contributed by atoms with Gasteiger partial charge in [0.1, 0.15) is 11.8 Å². The first-order chi connectivity index (χ1) is 13.7. The zero-order chi connectivity index (χ0) is 19.5. The zero-order valence-corrected chi connectivity index (χ0v) is 15.8. The number of carboxylic acids is 1. The molecule has 3 aromatic rings. The average Bonchev–Trinajstić information content (AvgIpc) is 3.13. The molecule has 7 nitrogen and oxygen atoms in total. The molecule has 0 bridgehead atoms. The number of nitrogens with zero attached hydrogens (tertiary/aromatic N) is 3. The predicted octanol–water partition coefficient (Wildman–Crippen LogP) is 2.52. The number of hydrogen-bond donors (Lipinski definition) is 2. The van der Waals surface area contributed by atoms with E-state index in [1.807, 2.05) is 41.6 Å². The van der Waals surface area contributed by atoms with Crippen molar-refractivity contribution in [1.29, 1.82) is 0 Å². The molecule has 0 aliphatic carbocycles. The van der Waals surface area contributed by atoms with E-state index < -0.39 is 12.0 Å². The standard InChI is InChI=1S/C21H24N4O3/c1-28-16-4-5-19-17(11-16)18(13-23-19)20(21(26)27)25-9-7-24(8-10-25)14-15-3-2-6-22-12-15/h2-6,11-13,20,23H,7-10,14H2,1H3,(H,26,27)/t20-/m0/s1. The van der Waals surface area contributed by atoms with Gasteiger partial charge in [0.25, 0.3) is 0 Å². The number of carboxylic acid groups (broad SMARTS) is 1. The highest BCUT2D eigenvalue weighted by Crippen LogP contribution is 2.31. The number of aliphatic carboxylic acids is 1. The Hall–Kier alpha value is -2.90. The Kier molecular flexibility index (Phi) is 5.27. The fourth-order valence-electron chi connectivity index (χ4n) is 3.89. The van der Waals surface area contributed by atoms with Crippen molar-refractivity contribution in [2.75, 3.05) is 33.3 Å². The van der Waals surface area contributed by atoms with Crippen LogP contribution < -0.4 is 4.74 Å². The molecule has 7 heteroatoms. The largest absolute Gasteiger partial charge is 0.497 e. The molecule has 1 aliphatic rings. The lowest BCUT2D eigenvalue weighted by Crippen LogP contribution is -2.48. The minimum Gasteiger partial charge on any atom is -0.497 e. The monoisotopic (exact) mass is 380 g/mol. The summed E-state index contributed by atoms with van der Waals surface area (Å²) in [6.45, 7) is 3.89. The van der Waals surface area contributed by atoms with E-state index in [4.69, 9.17) is 4.74 Å². The molecule has 0 unspecified atom stereocenters. The highest BCUT2D eigenvalue weighted by molar-refractivity contribution is 5.90. The fourth-order valence-corrected chi connectivity index (χ4v) is 3.89. The number of ether oxygens (including phenoxy) is 1. The third-order valence-electron chi connectivity index (χ3n) is 5.35. The Morgan fingerprint density at radius 1 is 1.29 bits per heavy atom. The lowest BCUT2D eigenvalue weighted by molar-refractivity contribution is -0.144. The van der Waals surface area contributed by atoms with Crippen molar-refractivity contribution >= 4 is 16.9 Å². The van der Waals surface area contributed by atoms with Crippen molar-refractivity contribution in [2.45, 2.75) is 12.6 Å². The first-order valence-corrected chi connectivity index (χ1v) is 9.39. The van der Waals surface area contributed by atoms with Crippen LogP contribution >= 0.6 is 0 Å². The number of methoxy groups -OCH3 is 1. The van der Waals surface area contributed by atoms with Crippen molar-refractivity contribution in [3.63, 3.8) is 0 Å². The van der Waals surface area contributed by atoms with E-state index in [1.54, 1.807) is 13.3 Å². The van der Waals surface area contributed by atoms with Crippen LogP contribution in [-0.4, -0.2) is 64.1 Å². The van der Waals surface area contributed by atoms with Gasteiger partial charge in [-0.05, 0) is 29.8 Å². The minimum atomic E-state index is -0.829. The van der Waals surface area contributed by atoms with Crippen LogP contribution in [0.2, 0.25) is 0 Å². The second-order valence-corrected chi connectivity index (χ2v) is 7.07. The van der Waals surface area contributed by atoms with E-state index in [9.17, 15) is 9.90 Å². The molecule has 146 valence electrons.